The van der Waals surface area contributed by atoms with E-state index in [0.29, 0.717) is 12.3 Å². The van der Waals surface area contributed by atoms with E-state index in [1.54, 1.807) is 0 Å². The molecule has 2 fully saturated rings. The van der Waals surface area contributed by atoms with Crippen LogP contribution in [0.15, 0.2) is 24.3 Å². The number of carbonyl (C=O) groups is 2. The average Bonchev–Trinajstić information content (AvgIpc) is 2.72. The van der Waals surface area contributed by atoms with Crippen LogP contribution < -0.4 is 10.1 Å². The van der Waals surface area contributed by atoms with Gasteiger partial charge < -0.3 is 15.0 Å². The summed E-state index contributed by atoms with van der Waals surface area (Å²) >= 11 is 0. The standard InChI is InChI=1S/C21H29FN2O3/c22-16-9-11-17(12-10-16)27-15-20(25)24-14-6-2-1-5-13-23-21(26)18-7-3-4-8-19(18)24/h9-12,18-19H,1-8,13-15H2,(H,23,26)/t18-,19+/m1/s1. The van der Waals surface area contributed by atoms with Gasteiger partial charge in [0.25, 0.3) is 5.91 Å². The highest BCUT2D eigenvalue weighted by Gasteiger charge is 2.37. The Hall–Kier alpha value is -2.11. The second-order valence-corrected chi connectivity index (χ2v) is 7.49. The third-order valence-corrected chi connectivity index (χ3v) is 5.59. The smallest absolute Gasteiger partial charge is 0.260 e. The number of nitrogens with one attached hydrogen (secondary N) is 1. The molecule has 3 rings (SSSR count). The van der Waals surface area contributed by atoms with E-state index in [2.05, 4.69) is 5.32 Å². The third-order valence-electron chi connectivity index (χ3n) is 5.59. The van der Waals surface area contributed by atoms with Gasteiger partial charge in [-0.05, 0) is 49.9 Å². The molecule has 1 aromatic carbocycles. The minimum Gasteiger partial charge on any atom is -0.484 e. The van der Waals surface area contributed by atoms with E-state index in [1.165, 1.54) is 24.3 Å². The van der Waals surface area contributed by atoms with Crippen molar-refractivity contribution in [1.82, 2.24) is 10.2 Å². The average molecular weight is 376 g/mol. The molecule has 1 aliphatic heterocycles. The van der Waals surface area contributed by atoms with Crippen LogP contribution in [0, 0.1) is 11.7 Å². The molecule has 148 valence electrons. The number of rotatable bonds is 3. The maximum absolute atomic E-state index is 13.0. The zero-order valence-electron chi connectivity index (χ0n) is 15.8. The molecule has 27 heavy (non-hydrogen) atoms. The summed E-state index contributed by atoms with van der Waals surface area (Å²) in [5.74, 6) is -0.00816. The van der Waals surface area contributed by atoms with E-state index in [1.807, 2.05) is 4.90 Å². The van der Waals surface area contributed by atoms with Crippen molar-refractivity contribution in [2.75, 3.05) is 19.7 Å². The molecule has 2 amide bonds. The lowest BCUT2D eigenvalue weighted by atomic mass is 9.82. The fraction of sp³-hybridized carbons (Fsp3) is 0.619. The Morgan fingerprint density at radius 2 is 1.81 bits per heavy atom. The zero-order valence-corrected chi connectivity index (χ0v) is 15.8. The summed E-state index contributed by atoms with van der Waals surface area (Å²) in [6.45, 7) is 1.31. The van der Waals surface area contributed by atoms with Crippen LogP contribution in [0.25, 0.3) is 0 Å². The molecule has 0 aromatic heterocycles. The highest BCUT2D eigenvalue weighted by Crippen LogP contribution is 2.30. The van der Waals surface area contributed by atoms with E-state index < -0.39 is 0 Å². The summed E-state index contributed by atoms with van der Waals surface area (Å²) in [7, 11) is 0. The van der Waals surface area contributed by atoms with Crippen LogP contribution in [-0.2, 0) is 9.59 Å². The van der Waals surface area contributed by atoms with E-state index in [9.17, 15) is 14.0 Å². The number of carbonyl (C=O) groups excluding carboxylic acids is 2. The lowest BCUT2D eigenvalue weighted by molar-refractivity contribution is -0.140. The first kappa shape index (κ1) is 19.6. The highest BCUT2D eigenvalue weighted by molar-refractivity contribution is 5.82. The SMILES string of the molecule is O=C1NCCCCCCN(C(=O)COc2ccc(F)cc2)[C@H]2CCCC[C@@H]12. The van der Waals surface area contributed by atoms with Crippen molar-refractivity contribution < 1.29 is 18.7 Å². The predicted octanol–water partition coefficient (Wildman–Crippen LogP) is 3.28. The summed E-state index contributed by atoms with van der Waals surface area (Å²) in [6, 6.07) is 5.61. The van der Waals surface area contributed by atoms with Gasteiger partial charge in [-0.25, -0.2) is 4.39 Å². The second kappa shape index (κ2) is 9.72. The first-order chi connectivity index (χ1) is 13.1. The largest absolute Gasteiger partial charge is 0.484 e. The van der Waals surface area contributed by atoms with Crippen LogP contribution in [0.1, 0.15) is 51.4 Å². The molecule has 0 bridgehead atoms. The van der Waals surface area contributed by atoms with Gasteiger partial charge in [0.1, 0.15) is 11.6 Å². The Morgan fingerprint density at radius 3 is 2.63 bits per heavy atom. The van der Waals surface area contributed by atoms with E-state index >= 15 is 0 Å². The second-order valence-electron chi connectivity index (χ2n) is 7.49. The van der Waals surface area contributed by atoms with Gasteiger partial charge in [-0.1, -0.05) is 25.7 Å². The Bertz CT molecular complexity index is 635. The van der Waals surface area contributed by atoms with E-state index in [0.717, 1.165) is 57.9 Å². The molecule has 1 saturated heterocycles. The highest BCUT2D eigenvalue weighted by atomic mass is 19.1. The summed E-state index contributed by atoms with van der Waals surface area (Å²) in [6.07, 6.45) is 7.81. The topological polar surface area (TPSA) is 58.6 Å². The van der Waals surface area contributed by atoms with Gasteiger partial charge in [0.2, 0.25) is 5.91 Å². The molecule has 0 spiro atoms. The maximum Gasteiger partial charge on any atom is 0.260 e. The van der Waals surface area contributed by atoms with Gasteiger partial charge >= 0.3 is 0 Å². The van der Waals surface area contributed by atoms with Crippen molar-refractivity contribution in [3.05, 3.63) is 30.1 Å². The maximum atomic E-state index is 13.0. The molecular formula is C21H29FN2O3. The Kier molecular flexibility index (Phi) is 7.07. The molecular weight excluding hydrogens is 347 g/mol. The third kappa shape index (κ3) is 5.44. The number of benzene rings is 1. The lowest BCUT2D eigenvalue weighted by Crippen LogP contribution is -2.52. The first-order valence-corrected chi connectivity index (χ1v) is 10.1. The molecule has 1 aromatic rings. The Labute approximate surface area is 160 Å². The number of amides is 2. The van der Waals surface area contributed by atoms with Crippen LogP contribution in [0.2, 0.25) is 0 Å². The molecule has 1 heterocycles. The zero-order chi connectivity index (χ0) is 19.1. The molecule has 1 N–H and O–H groups in total. The monoisotopic (exact) mass is 376 g/mol. The minimum absolute atomic E-state index is 0.0545. The van der Waals surface area contributed by atoms with Gasteiger partial charge in [0, 0.05) is 19.1 Å². The number of hydrogen-bond acceptors (Lipinski definition) is 3. The van der Waals surface area contributed by atoms with Gasteiger partial charge in [-0.3, -0.25) is 9.59 Å². The minimum atomic E-state index is -0.336. The number of halogens is 1. The molecule has 5 nitrogen and oxygen atoms in total. The number of ether oxygens (including phenoxy) is 1. The molecule has 0 radical (unpaired) electrons. The predicted molar refractivity (Wildman–Crippen MR) is 101 cm³/mol. The van der Waals surface area contributed by atoms with Crippen LogP contribution >= 0.6 is 0 Å². The van der Waals surface area contributed by atoms with Crippen LogP contribution in [0.5, 0.6) is 5.75 Å². The Balaban J connectivity index is 1.70. The van der Waals surface area contributed by atoms with Crippen molar-refractivity contribution in [2.45, 2.75) is 57.4 Å². The summed E-state index contributed by atoms with van der Waals surface area (Å²) in [4.78, 5) is 27.5. The summed E-state index contributed by atoms with van der Waals surface area (Å²) in [5, 5.41) is 3.06. The molecule has 1 aliphatic carbocycles. The molecule has 2 atom stereocenters. The van der Waals surface area contributed by atoms with Crippen molar-refractivity contribution in [1.29, 1.82) is 0 Å². The van der Waals surface area contributed by atoms with Crippen molar-refractivity contribution in [2.24, 2.45) is 5.92 Å². The fourth-order valence-electron chi connectivity index (χ4n) is 4.13. The van der Waals surface area contributed by atoms with E-state index in [-0.39, 0.29) is 36.2 Å². The molecule has 0 unspecified atom stereocenters. The summed E-state index contributed by atoms with van der Waals surface area (Å²) < 4.78 is 18.6. The van der Waals surface area contributed by atoms with Gasteiger partial charge in [0.15, 0.2) is 6.61 Å². The van der Waals surface area contributed by atoms with Gasteiger partial charge in [-0.15, -0.1) is 0 Å². The quantitative estimate of drug-likeness (QED) is 0.881. The Morgan fingerprint density at radius 1 is 1.07 bits per heavy atom. The fourth-order valence-corrected chi connectivity index (χ4v) is 4.13. The van der Waals surface area contributed by atoms with Crippen molar-refractivity contribution >= 4 is 11.8 Å². The van der Waals surface area contributed by atoms with Crippen LogP contribution in [0.3, 0.4) is 0 Å². The number of fused-ring (bicyclic) bond motifs is 1. The normalized spacial score (nSPS) is 24.3. The van der Waals surface area contributed by atoms with Gasteiger partial charge in [-0.2, -0.15) is 0 Å². The van der Waals surface area contributed by atoms with Crippen molar-refractivity contribution in [3.63, 3.8) is 0 Å². The first-order valence-electron chi connectivity index (χ1n) is 10.1. The van der Waals surface area contributed by atoms with E-state index in [4.69, 9.17) is 4.74 Å². The molecule has 1 saturated carbocycles. The van der Waals surface area contributed by atoms with Crippen LogP contribution in [0.4, 0.5) is 4.39 Å². The lowest BCUT2D eigenvalue weighted by Gasteiger charge is -2.39. The van der Waals surface area contributed by atoms with Gasteiger partial charge in [0.05, 0.1) is 5.92 Å². The summed E-state index contributed by atoms with van der Waals surface area (Å²) in [5.41, 5.74) is 0. The molecule has 6 heteroatoms. The molecule has 2 aliphatic rings. The number of hydrogen-bond donors (Lipinski definition) is 1. The van der Waals surface area contributed by atoms with Crippen molar-refractivity contribution in [3.8, 4) is 5.75 Å². The number of nitrogens with zero attached hydrogens (tertiary/aromatic N) is 1. The van der Waals surface area contributed by atoms with Crippen LogP contribution in [-0.4, -0.2) is 42.5 Å².